The molecule has 0 atom stereocenters. The molecule has 3 rings (SSSR count). The molecule has 5 nitrogen and oxygen atoms in total. The van der Waals surface area contributed by atoms with Crippen LogP contribution in [0.2, 0.25) is 0 Å². The molecular formula is C19H24N2O3S. The van der Waals surface area contributed by atoms with Crippen LogP contribution in [0.1, 0.15) is 24.8 Å². The first-order valence-electron chi connectivity index (χ1n) is 8.55. The van der Waals surface area contributed by atoms with Crippen molar-refractivity contribution in [2.75, 3.05) is 24.1 Å². The minimum absolute atomic E-state index is 0.520. The summed E-state index contributed by atoms with van der Waals surface area (Å²) in [5.74, 6) is 1.44. The molecule has 0 unspecified atom stereocenters. The summed E-state index contributed by atoms with van der Waals surface area (Å²) in [7, 11) is -3.26. The highest BCUT2D eigenvalue weighted by Gasteiger charge is 2.10. The van der Waals surface area contributed by atoms with Gasteiger partial charge in [-0.2, -0.15) is 0 Å². The van der Waals surface area contributed by atoms with Crippen LogP contribution in [0.4, 0.5) is 5.69 Å². The standard InChI is InChI=1S/C19H24N2O3S/c1-25(22,23)20-17-7-11-19(12-8-17)24-18-9-5-16(6-10-18)15-21-13-3-2-4-14-21/h5-12,20H,2-4,13-15H2,1H3. The van der Waals surface area contributed by atoms with E-state index in [9.17, 15) is 8.42 Å². The van der Waals surface area contributed by atoms with E-state index in [0.717, 1.165) is 18.6 Å². The first-order valence-corrected chi connectivity index (χ1v) is 10.4. The van der Waals surface area contributed by atoms with Crippen molar-refractivity contribution in [2.45, 2.75) is 25.8 Å². The predicted octanol–water partition coefficient (Wildman–Crippen LogP) is 3.84. The van der Waals surface area contributed by atoms with Gasteiger partial charge in [0, 0.05) is 12.2 Å². The molecule has 1 aliphatic rings. The molecule has 6 heteroatoms. The fourth-order valence-corrected chi connectivity index (χ4v) is 3.54. The number of hydrogen-bond donors (Lipinski definition) is 1. The van der Waals surface area contributed by atoms with Gasteiger partial charge in [0.1, 0.15) is 11.5 Å². The van der Waals surface area contributed by atoms with Crippen molar-refractivity contribution >= 4 is 15.7 Å². The maximum absolute atomic E-state index is 11.2. The largest absolute Gasteiger partial charge is 0.457 e. The molecule has 1 heterocycles. The van der Waals surface area contributed by atoms with Crippen molar-refractivity contribution in [1.29, 1.82) is 0 Å². The summed E-state index contributed by atoms with van der Waals surface area (Å²) < 4.78 is 30.7. The average molecular weight is 360 g/mol. The number of rotatable bonds is 6. The third-order valence-corrected chi connectivity index (χ3v) is 4.78. The summed E-state index contributed by atoms with van der Waals surface area (Å²) in [6.45, 7) is 3.37. The van der Waals surface area contributed by atoms with Gasteiger partial charge in [-0.05, 0) is 67.9 Å². The molecule has 0 aliphatic carbocycles. The van der Waals surface area contributed by atoms with Crippen molar-refractivity contribution in [3.8, 4) is 11.5 Å². The van der Waals surface area contributed by atoms with Crippen molar-refractivity contribution in [3.63, 3.8) is 0 Å². The number of nitrogens with one attached hydrogen (secondary N) is 1. The smallest absolute Gasteiger partial charge is 0.229 e. The Kier molecular flexibility index (Phi) is 5.60. The van der Waals surface area contributed by atoms with Gasteiger partial charge >= 0.3 is 0 Å². The molecule has 2 aromatic carbocycles. The SMILES string of the molecule is CS(=O)(=O)Nc1ccc(Oc2ccc(CN3CCCCC3)cc2)cc1. The van der Waals surface area contributed by atoms with Gasteiger partial charge in [-0.3, -0.25) is 9.62 Å². The molecule has 1 fully saturated rings. The van der Waals surface area contributed by atoms with Crippen LogP contribution in [0.5, 0.6) is 11.5 Å². The maximum atomic E-state index is 11.2. The van der Waals surface area contributed by atoms with Gasteiger partial charge in [0.25, 0.3) is 0 Å². The molecule has 0 aromatic heterocycles. The second-order valence-electron chi connectivity index (χ2n) is 6.48. The van der Waals surface area contributed by atoms with Gasteiger partial charge < -0.3 is 4.74 Å². The summed E-state index contributed by atoms with van der Waals surface area (Å²) in [4.78, 5) is 2.49. The Morgan fingerprint density at radius 3 is 2.04 bits per heavy atom. The van der Waals surface area contributed by atoms with Gasteiger partial charge in [-0.1, -0.05) is 18.6 Å². The lowest BCUT2D eigenvalue weighted by Gasteiger charge is -2.26. The normalized spacial score (nSPS) is 15.7. The minimum atomic E-state index is -3.26. The van der Waals surface area contributed by atoms with Crippen LogP contribution in [0.3, 0.4) is 0 Å². The fraction of sp³-hybridized carbons (Fsp3) is 0.368. The van der Waals surface area contributed by atoms with Crippen molar-refractivity contribution in [2.24, 2.45) is 0 Å². The quantitative estimate of drug-likeness (QED) is 0.850. The van der Waals surface area contributed by atoms with E-state index in [4.69, 9.17) is 4.74 Å². The number of benzene rings is 2. The zero-order chi connectivity index (χ0) is 17.7. The second kappa shape index (κ2) is 7.89. The molecule has 134 valence electrons. The van der Waals surface area contributed by atoms with E-state index in [1.807, 2.05) is 12.1 Å². The molecule has 1 N–H and O–H groups in total. The second-order valence-corrected chi connectivity index (χ2v) is 8.23. The van der Waals surface area contributed by atoms with Crippen molar-refractivity contribution < 1.29 is 13.2 Å². The number of hydrogen-bond acceptors (Lipinski definition) is 4. The Labute approximate surface area is 149 Å². The first-order chi connectivity index (χ1) is 12.0. The van der Waals surface area contributed by atoms with Crippen LogP contribution in [-0.2, 0) is 16.6 Å². The van der Waals surface area contributed by atoms with E-state index in [1.165, 1.54) is 37.9 Å². The van der Waals surface area contributed by atoms with Crippen molar-refractivity contribution in [3.05, 3.63) is 54.1 Å². The summed E-state index contributed by atoms with van der Waals surface area (Å²) in [6.07, 6.45) is 5.07. The highest BCUT2D eigenvalue weighted by atomic mass is 32.2. The third-order valence-electron chi connectivity index (χ3n) is 4.17. The average Bonchev–Trinajstić information content (AvgIpc) is 2.58. The van der Waals surface area contributed by atoms with Gasteiger partial charge in [-0.25, -0.2) is 8.42 Å². The van der Waals surface area contributed by atoms with Crippen LogP contribution in [0, 0.1) is 0 Å². The third kappa shape index (κ3) is 5.76. The lowest BCUT2D eigenvalue weighted by atomic mass is 10.1. The number of ether oxygens (including phenoxy) is 1. The fourth-order valence-electron chi connectivity index (χ4n) is 2.98. The Bertz CT molecular complexity index is 780. The molecule has 1 saturated heterocycles. The van der Waals surface area contributed by atoms with Crippen LogP contribution in [-0.4, -0.2) is 32.7 Å². The van der Waals surface area contributed by atoms with Crippen LogP contribution >= 0.6 is 0 Å². The van der Waals surface area contributed by atoms with E-state index in [1.54, 1.807) is 24.3 Å². The summed E-state index contributed by atoms with van der Waals surface area (Å²) >= 11 is 0. The monoisotopic (exact) mass is 360 g/mol. The molecule has 0 saturated carbocycles. The molecule has 0 amide bonds. The molecule has 0 radical (unpaired) electrons. The highest BCUT2D eigenvalue weighted by molar-refractivity contribution is 7.92. The summed E-state index contributed by atoms with van der Waals surface area (Å²) in [6, 6.07) is 15.0. The Balaban J connectivity index is 1.57. The Hall–Kier alpha value is -2.05. The number of sulfonamides is 1. The first kappa shape index (κ1) is 17.8. The molecule has 2 aromatic rings. The molecule has 1 aliphatic heterocycles. The van der Waals surface area contributed by atoms with Gasteiger partial charge in [-0.15, -0.1) is 0 Å². The van der Waals surface area contributed by atoms with E-state index in [-0.39, 0.29) is 0 Å². The zero-order valence-corrected chi connectivity index (χ0v) is 15.3. The molecule has 0 spiro atoms. The van der Waals surface area contributed by atoms with E-state index >= 15 is 0 Å². The van der Waals surface area contributed by atoms with Crippen LogP contribution in [0.15, 0.2) is 48.5 Å². The zero-order valence-electron chi connectivity index (χ0n) is 14.4. The Morgan fingerprint density at radius 2 is 1.48 bits per heavy atom. The van der Waals surface area contributed by atoms with E-state index in [0.29, 0.717) is 11.4 Å². The van der Waals surface area contributed by atoms with Gasteiger partial charge in [0.2, 0.25) is 10.0 Å². The van der Waals surface area contributed by atoms with Gasteiger partial charge in [0.15, 0.2) is 0 Å². The van der Waals surface area contributed by atoms with E-state index in [2.05, 4.69) is 21.8 Å². The topological polar surface area (TPSA) is 58.6 Å². The van der Waals surface area contributed by atoms with Crippen molar-refractivity contribution in [1.82, 2.24) is 4.90 Å². The molecular weight excluding hydrogens is 336 g/mol. The van der Waals surface area contributed by atoms with Crippen LogP contribution < -0.4 is 9.46 Å². The number of anilines is 1. The number of likely N-dealkylation sites (tertiary alicyclic amines) is 1. The Morgan fingerprint density at radius 1 is 0.920 bits per heavy atom. The summed E-state index contributed by atoms with van der Waals surface area (Å²) in [5.41, 5.74) is 1.81. The maximum Gasteiger partial charge on any atom is 0.229 e. The number of piperidine rings is 1. The van der Waals surface area contributed by atoms with Gasteiger partial charge in [0.05, 0.1) is 6.26 Å². The lowest BCUT2D eigenvalue weighted by Crippen LogP contribution is -2.28. The predicted molar refractivity (Wildman–Crippen MR) is 101 cm³/mol. The lowest BCUT2D eigenvalue weighted by molar-refractivity contribution is 0.221. The molecule has 25 heavy (non-hydrogen) atoms. The number of nitrogens with zero attached hydrogens (tertiary/aromatic N) is 1. The summed E-state index contributed by atoms with van der Waals surface area (Å²) in [5, 5.41) is 0. The highest BCUT2D eigenvalue weighted by Crippen LogP contribution is 2.24. The van der Waals surface area contributed by atoms with E-state index < -0.39 is 10.0 Å². The molecule has 0 bridgehead atoms. The minimum Gasteiger partial charge on any atom is -0.457 e. The van der Waals surface area contributed by atoms with Crippen LogP contribution in [0.25, 0.3) is 0 Å².